The van der Waals surface area contributed by atoms with Gasteiger partial charge in [-0.3, -0.25) is 9.78 Å². The van der Waals surface area contributed by atoms with Crippen LogP contribution >= 0.6 is 11.3 Å². The molecule has 4 nitrogen and oxygen atoms in total. The van der Waals surface area contributed by atoms with Crippen LogP contribution < -0.4 is 4.87 Å². The molecule has 1 N–H and O–H groups in total. The van der Waals surface area contributed by atoms with Crippen molar-refractivity contribution < 1.29 is 0 Å². The monoisotopic (exact) mass is 181 g/mol. The van der Waals surface area contributed by atoms with Crippen molar-refractivity contribution in [1.29, 1.82) is 0 Å². The molecule has 0 aromatic carbocycles. The van der Waals surface area contributed by atoms with Gasteiger partial charge >= 0.3 is 4.87 Å². The van der Waals surface area contributed by atoms with Gasteiger partial charge in [0.25, 0.3) is 0 Å². The Balaban J connectivity index is 2.97. The number of hydrogen-bond donors (Lipinski definition) is 1. The van der Waals surface area contributed by atoms with Crippen molar-refractivity contribution in [3.05, 3.63) is 21.2 Å². The predicted octanol–water partition coefficient (Wildman–Crippen LogP) is 0.996. The molecule has 2 aromatic heterocycles. The minimum atomic E-state index is -0.0759. The van der Waals surface area contributed by atoms with E-state index in [1.54, 1.807) is 0 Å². The zero-order valence-corrected chi connectivity index (χ0v) is 7.53. The lowest BCUT2D eigenvalue weighted by atomic mass is 10.4. The number of rotatable bonds is 0. The first kappa shape index (κ1) is 7.42. The highest BCUT2D eigenvalue weighted by Gasteiger charge is 2.04. The molecule has 0 saturated carbocycles. The van der Waals surface area contributed by atoms with Gasteiger partial charge in [-0.1, -0.05) is 11.3 Å². The van der Waals surface area contributed by atoms with E-state index < -0.39 is 0 Å². The van der Waals surface area contributed by atoms with Crippen LogP contribution in [0.1, 0.15) is 11.5 Å². The Hall–Kier alpha value is -1.23. The molecule has 2 rings (SSSR count). The average molecular weight is 181 g/mol. The van der Waals surface area contributed by atoms with Gasteiger partial charge in [-0.05, 0) is 13.8 Å². The summed E-state index contributed by atoms with van der Waals surface area (Å²) in [6, 6.07) is 0. The van der Waals surface area contributed by atoms with E-state index in [1.165, 1.54) is 0 Å². The zero-order valence-electron chi connectivity index (χ0n) is 6.71. The van der Waals surface area contributed by atoms with Crippen LogP contribution in [0.5, 0.6) is 0 Å². The summed E-state index contributed by atoms with van der Waals surface area (Å²) in [5.74, 6) is 0.689. The van der Waals surface area contributed by atoms with Crippen molar-refractivity contribution in [3.63, 3.8) is 0 Å². The summed E-state index contributed by atoms with van der Waals surface area (Å²) in [6.07, 6.45) is 0. The lowest BCUT2D eigenvalue weighted by Crippen LogP contribution is -1.93. The number of hydrogen-bond acceptors (Lipinski definition) is 4. The fraction of sp³-hybridized carbons (Fsp3) is 0.286. The lowest BCUT2D eigenvalue weighted by molar-refractivity contribution is 1.04. The van der Waals surface area contributed by atoms with Crippen LogP contribution in [-0.2, 0) is 0 Å². The number of aromatic nitrogens is 3. The molecular formula is C7H7N3OS. The molecule has 0 radical (unpaired) electrons. The van der Waals surface area contributed by atoms with Crippen molar-refractivity contribution in [2.75, 3.05) is 0 Å². The highest BCUT2D eigenvalue weighted by molar-refractivity contribution is 7.16. The number of aryl methyl sites for hydroxylation is 2. The number of H-pyrrole nitrogens is 1. The normalized spacial score (nSPS) is 10.8. The van der Waals surface area contributed by atoms with E-state index in [4.69, 9.17) is 0 Å². The molecule has 0 spiro atoms. The molecule has 0 aliphatic carbocycles. The summed E-state index contributed by atoms with van der Waals surface area (Å²) >= 11 is 1.15. The third-order valence-electron chi connectivity index (χ3n) is 1.56. The number of fused-ring (bicyclic) bond motifs is 1. The molecule has 0 bridgehead atoms. The Labute approximate surface area is 72.3 Å². The maximum absolute atomic E-state index is 10.9. The van der Waals surface area contributed by atoms with Gasteiger partial charge in [0.05, 0.1) is 10.4 Å². The van der Waals surface area contributed by atoms with E-state index >= 15 is 0 Å². The summed E-state index contributed by atoms with van der Waals surface area (Å²) in [5.41, 5.74) is 1.51. The van der Waals surface area contributed by atoms with E-state index in [-0.39, 0.29) is 4.87 Å². The minimum Gasteiger partial charge on any atom is -0.297 e. The molecule has 0 aliphatic heterocycles. The molecule has 0 aliphatic rings. The third-order valence-corrected chi connectivity index (χ3v) is 2.54. The van der Waals surface area contributed by atoms with Crippen LogP contribution in [0.15, 0.2) is 4.79 Å². The molecule has 62 valence electrons. The molecule has 2 aromatic rings. The first-order valence-corrected chi connectivity index (χ1v) is 4.32. The van der Waals surface area contributed by atoms with Gasteiger partial charge in [0, 0.05) is 0 Å². The molecule has 2 heterocycles. The smallest absolute Gasteiger partial charge is 0.297 e. The largest absolute Gasteiger partial charge is 0.306 e. The van der Waals surface area contributed by atoms with Gasteiger partial charge in [-0.25, -0.2) is 9.97 Å². The van der Waals surface area contributed by atoms with Crippen molar-refractivity contribution in [3.8, 4) is 0 Å². The first-order valence-electron chi connectivity index (χ1n) is 3.51. The summed E-state index contributed by atoms with van der Waals surface area (Å²) in [6.45, 7) is 3.68. The zero-order chi connectivity index (χ0) is 8.72. The van der Waals surface area contributed by atoms with E-state index in [9.17, 15) is 4.79 Å². The SMILES string of the molecule is Cc1nc(C)c2sc(=O)[nH]c2n1. The molecular weight excluding hydrogens is 174 g/mol. The number of thiazole rings is 1. The Morgan fingerprint density at radius 3 is 2.83 bits per heavy atom. The van der Waals surface area contributed by atoms with E-state index in [0.717, 1.165) is 21.7 Å². The van der Waals surface area contributed by atoms with E-state index in [1.807, 2.05) is 13.8 Å². The Morgan fingerprint density at radius 2 is 2.08 bits per heavy atom. The van der Waals surface area contributed by atoms with Crippen molar-refractivity contribution in [2.24, 2.45) is 0 Å². The molecule has 12 heavy (non-hydrogen) atoms. The van der Waals surface area contributed by atoms with Crippen LogP contribution in [0.25, 0.3) is 10.3 Å². The topological polar surface area (TPSA) is 58.6 Å². The summed E-state index contributed by atoms with van der Waals surface area (Å²) < 4.78 is 0.852. The summed E-state index contributed by atoms with van der Waals surface area (Å²) in [7, 11) is 0. The summed E-state index contributed by atoms with van der Waals surface area (Å²) in [4.78, 5) is 21.8. The molecule has 0 amide bonds. The number of nitrogens with zero attached hydrogens (tertiary/aromatic N) is 2. The molecule has 0 saturated heterocycles. The van der Waals surface area contributed by atoms with Gasteiger partial charge in [0.1, 0.15) is 5.82 Å². The van der Waals surface area contributed by atoms with Crippen LogP contribution in [0.2, 0.25) is 0 Å². The van der Waals surface area contributed by atoms with Gasteiger partial charge in [-0.15, -0.1) is 0 Å². The van der Waals surface area contributed by atoms with Crippen molar-refractivity contribution >= 4 is 21.7 Å². The second-order valence-electron chi connectivity index (χ2n) is 2.55. The second kappa shape index (κ2) is 2.38. The van der Waals surface area contributed by atoms with Crippen LogP contribution in [0.4, 0.5) is 0 Å². The predicted molar refractivity (Wildman–Crippen MR) is 47.5 cm³/mol. The maximum Gasteiger partial charge on any atom is 0.306 e. The van der Waals surface area contributed by atoms with Crippen LogP contribution in [0, 0.1) is 13.8 Å². The second-order valence-corrected chi connectivity index (χ2v) is 3.53. The van der Waals surface area contributed by atoms with Crippen LogP contribution in [0.3, 0.4) is 0 Å². The van der Waals surface area contributed by atoms with Gasteiger partial charge < -0.3 is 0 Å². The first-order chi connectivity index (χ1) is 5.66. The fourth-order valence-electron chi connectivity index (χ4n) is 1.12. The van der Waals surface area contributed by atoms with Crippen molar-refractivity contribution in [2.45, 2.75) is 13.8 Å². The van der Waals surface area contributed by atoms with Gasteiger partial charge in [0.15, 0.2) is 5.65 Å². The molecule has 0 fully saturated rings. The highest BCUT2D eigenvalue weighted by Crippen LogP contribution is 2.14. The van der Waals surface area contributed by atoms with Crippen molar-refractivity contribution in [1.82, 2.24) is 15.0 Å². The average Bonchev–Trinajstić information content (AvgIpc) is 2.29. The quantitative estimate of drug-likeness (QED) is 0.659. The van der Waals surface area contributed by atoms with Gasteiger partial charge in [0.2, 0.25) is 0 Å². The summed E-state index contributed by atoms with van der Waals surface area (Å²) in [5, 5.41) is 0. The van der Waals surface area contributed by atoms with Gasteiger partial charge in [-0.2, -0.15) is 0 Å². The molecule has 0 unspecified atom stereocenters. The highest BCUT2D eigenvalue weighted by atomic mass is 32.1. The maximum atomic E-state index is 10.9. The lowest BCUT2D eigenvalue weighted by Gasteiger charge is -1.94. The standard InChI is InChI=1S/C7H7N3OS/c1-3-5-6(9-4(2)8-3)10-7(11)12-5/h1-2H3,(H,8,9,10,11). The molecule has 5 heteroatoms. The Bertz CT molecular complexity index is 485. The Kier molecular flexibility index (Phi) is 1.47. The third kappa shape index (κ3) is 1.02. The Morgan fingerprint density at radius 1 is 1.33 bits per heavy atom. The number of aromatic amines is 1. The number of nitrogens with one attached hydrogen (secondary N) is 1. The van der Waals surface area contributed by atoms with E-state index in [2.05, 4.69) is 15.0 Å². The molecule has 0 atom stereocenters. The van der Waals surface area contributed by atoms with Crippen LogP contribution in [-0.4, -0.2) is 15.0 Å². The fourth-order valence-corrected chi connectivity index (χ4v) is 1.84. The minimum absolute atomic E-state index is 0.0759. The van der Waals surface area contributed by atoms with E-state index in [0.29, 0.717) is 11.5 Å².